The minimum Gasteiger partial charge on any atom is -0.0985 e. The molecule has 0 radical (unpaired) electrons. The first-order valence-corrected chi connectivity index (χ1v) is 4.22. The molecule has 1 aliphatic rings. The molecule has 9 heavy (non-hydrogen) atoms. The molecule has 0 nitrogen and oxygen atoms in total. The Morgan fingerprint density at radius 1 is 1.78 bits per heavy atom. The van der Waals surface area contributed by atoms with E-state index < -0.39 is 0 Å². The number of hydrogen-bond acceptors (Lipinski definition) is 0. The van der Waals surface area contributed by atoms with Crippen molar-refractivity contribution in [3.8, 4) is 0 Å². The molecule has 0 amide bonds. The molecule has 0 heterocycles. The number of allylic oxidation sites excluding steroid dienone is 5. The highest BCUT2D eigenvalue weighted by atomic mass is 127. The van der Waals surface area contributed by atoms with E-state index in [1.165, 1.54) is 5.57 Å². The summed E-state index contributed by atoms with van der Waals surface area (Å²) in [6.07, 6.45) is 9.58. The number of hydrogen-bond donors (Lipinski definition) is 0. The van der Waals surface area contributed by atoms with E-state index in [0.29, 0.717) is 3.92 Å². The normalized spacial score (nSPS) is 25.4. The van der Waals surface area contributed by atoms with E-state index in [4.69, 9.17) is 0 Å². The molecule has 48 valence electrons. The smallest absolute Gasteiger partial charge is 0.0327 e. The van der Waals surface area contributed by atoms with Crippen LogP contribution in [0, 0.1) is 0 Å². The molecule has 0 saturated carbocycles. The zero-order valence-electron chi connectivity index (χ0n) is 5.18. The fraction of sp³-hybridized carbons (Fsp3) is 0.250. The Morgan fingerprint density at radius 3 is 3.00 bits per heavy atom. The second-order valence-corrected chi connectivity index (χ2v) is 3.62. The second-order valence-electron chi connectivity index (χ2n) is 2.02. The van der Waals surface area contributed by atoms with Crippen LogP contribution in [0.1, 0.15) is 6.42 Å². The van der Waals surface area contributed by atoms with Gasteiger partial charge in [-0.1, -0.05) is 53.5 Å². The largest absolute Gasteiger partial charge is 0.0985 e. The Bertz CT molecular complexity index is 165. The standard InChI is InChI=1S/C8H9I/c1-2-7-3-5-8(9)6-4-7/h2-5,8H,1,6H2. The summed E-state index contributed by atoms with van der Waals surface area (Å²) in [5.41, 5.74) is 1.25. The van der Waals surface area contributed by atoms with Crippen LogP contribution in [0.5, 0.6) is 0 Å². The van der Waals surface area contributed by atoms with Crippen molar-refractivity contribution in [2.24, 2.45) is 0 Å². The van der Waals surface area contributed by atoms with Gasteiger partial charge in [-0.05, 0) is 12.0 Å². The van der Waals surface area contributed by atoms with Gasteiger partial charge < -0.3 is 0 Å². The van der Waals surface area contributed by atoms with Gasteiger partial charge in [0, 0.05) is 3.92 Å². The van der Waals surface area contributed by atoms with Crippen molar-refractivity contribution in [1.82, 2.24) is 0 Å². The predicted molar refractivity (Wildman–Crippen MR) is 49.8 cm³/mol. The van der Waals surface area contributed by atoms with Gasteiger partial charge in [-0.25, -0.2) is 0 Å². The summed E-state index contributed by atoms with van der Waals surface area (Å²) < 4.78 is 0.686. The van der Waals surface area contributed by atoms with E-state index in [2.05, 4.69) is 47.4 Å². The zero-order valence-corrected chi connectivity index (χ0v) is 7.34. The summed E-state index contributed by atoms with van der Waals surface area (Å²) >= 11 is 2.42. The van der Waals surface area contributed by atoms with Gasteiger partial charge in [0.1, 0.15) is 0 Å². The molecule has 0 bridgehead atoms. The summed E-state index contributed by atoms with van der Waals surface area (Å²) in [6, 6.07) is 0. The van der Waals surface area contributed by atoms with E-state index in [0.717, 1.165) is 6.42 Å². The average molecular weight is 232 g/mol. The minimum absolute atomic E-state index is 0.686. The maximum Gasteiger partial charge on any atom is 0.0327 e. The number of halogens is 1. The van der Waals surface area contributed by atoms with Gasteiger partial charge in [0.2, 0.25) is 0 Å². The van der Waals surface area contributed by atoms with Gasteiger partial charge in [0.15, 0.2) is 0 Å². The molecule has 1 unspecified atom stereocenters. The van der Waals surface area contributed by atoms with E-state index in [9.17, 15) is 0 Å². The summed E-state index contributed by atoms with van der Waals surface area (Å²) in [5.74, 6) is 0. The van der Waals surface area contributed by atoms with Crippen molar-refractivity contribution in [3.63, 3.8) is 0 Å². The third kappa shape index (κ3) is 1.97. The molecule has 0 spiro atoms. The van der Waals surface area contributed by atoms with E-state index in [1.807, 2.05) is 6.08 Å². The average Bonchev–Trinajstić information content (AvgIpc) is 1.90. The summed E-state index contributed by atoms with van der Waals surface area (Å²) in [6.45, 7) is 3.69. The van der Waals surface area contributed by atoms with E-state index in [1.54, 1.807) is 0 Å². The van der Waals surface area contributed by atoms with Crippen molar-refractivity contribution < 1.29 is 0 Å². The third-order valence-corrected chi connectivity index (χ3v) is 2.24. The highest BCUT2D eigenvalue weighted by Gasteiger charge is 2.00. The van der Waals surface area contributed by atoms with Crippen LogP contribution in [0.2, 0.25) is 0 Å². The quantitative estimate of drug-likeness (QED) is 0.481. The lowest BCUT2D eigenvalue weighted by atomic mass is 10.1. The SMILES string of the molecule is C=CC1=CCC(I)C=C1. The molecular formula is C8H9I. The highest BCUT2D eigenvalue weighted by Crippen LogP contribution is 2.16. The monoisotopic (exact) mass is 232 g/mol. The lowest BCUT2D eigenvalue weighted by Gasteiger charge is -2.05. The Hall–Kier alpha value is -0.0500. The Morgan fingerprint density at radius 2 is 2.56 bits per heavy atom. The first kappa shape index (κ1) is 7.06. The molecule has 0 aromatic rings. The summed E-state index contributed by atoms with van der Waals surface area (Å²) in [5, 5.41) is 0. The zero-order chi connectivity index (χ0) is 6.69. The van der Waals surface area contributed by atoms with E-state index >= 15 is 0 Å². The van der Waals surface area contributed by atoms with Gasteiger partial charge in [-0.15, -0.1) is 0 Å². The van der Waals surface area contributed by atoms with Crippen LogP contribution in [0.3, 0.4) is 0 Å². The van der Waals surface area contributed by atoms with Crippen LogP contribution in [0.15, 0.2) is 36.5 Å². The van der Waals surface area contributed by atoms with Crippen LogP contribution in [-0.4, -0.2) is 3.92 Å². The lowest BCUT2D eigenvalue weighted by Crippen LogP contribution is -1.94. The number of rotatable bonds is 1. The molecule has 1 heteroatoms. The fourth-order valence-corrected chi connectivity index (χ4v) is 1.22. The highest BCUT2D eigenvalue weighted by molar-refractivity contribution is 14.1. The summed E-state index contributed by atoms with van der Waals surface area (Å²) in [4.78, 5) is 0. The van der Waals surface area contributed by atoms with Crippen LogP contribution >= 0.6 is 22.6 Å². The van der Waals surface area contributed by atoms with Crippen LogP contribution < -0.4 is 0 Å². The predicted octanol–water partition coefficient (Wildman–Crippen LogP) is 2.86. The number of alkyl halides is 1. The van der Waals surface area contributed by atoms with Crippen molar-refractivity contribution in [2.45, 2.75) is 10.3 Å². The fourth-order valence-electron chi connectivity index (χ4n) is 0.762. The molecular weight excluding hydrogens is 223 g/mol. The molecule has 0 fully saturated rings. The maximum absolute atomic E-state index is 3.69. The molecule has 1 aliphatic carbocycles. The van der Waals surface area contributed by atoms with Gasteiger partial charge in [0.05, 0.1) is 0 Å². The molecule has 0 aromatic heterocycles. The van der Waals surface area contributed by atoms with Crippen molar-refractivity contribution in [3.05, 3.63) is 36.5 Å². The molecule has 1 rings (SSSR count). The van der Waals surface area contributed by atoms with E-state index in [-0.39, 0.29) is 0 Å². The molecule has 0 aliphatic heterocycles. The molecule has 1 atom stereocenters. The first-order chi connectivity index (χ1) is 4.33. The van der Waals surface area contributed by atoms with Gasteiger partial charge in [-0.3, -0.25) is 0 Å². The van der Waals surface area contributed by atoms with Gasteiger partial charge in [0.25, 0.3) is 0 Å². The topological polar surface area (TPSA) is 0 Å². The Kier molecular flexibility index (Phi) is 2.51. The van der Waals surface area contributed by atoms with Crippen molar-refractivity contribution >= 4 is 22.6 Å². The first-order valence-electron chi connectivity index (χ1n) is 2.98. The lowest BCUT2D eigenvalue weighted by molar-refractivity contribution is 1.08. The second kappa shape index (κ2) is 3.20. The van der Waals surface area contributed by atoms with Crippen molar-refractivity contribution in [1.29, 1.82) is 0 Å². The van der Waals surface area contributed by atoms with Crippen molar-refractivity contribution in [2.75, 3.05) is 0 Å². The van der Waals surface area contributed by atoms with Gasteiger partial charge >= 0.3 is 0 Å². The van der Waals surface area contributed by atoms with Crippen LogP contribution in [0.25, 0.3) is 0 Å². The maximum atomic E-state index is 3.69. The Balaban J connectivity index is 2.62. The van der Waals surface area contributed by atoms with Gasteiger partial charge in [-0.2, -0.15) is 0 Å². The third-order valence-electron chi connectivity index (χ3n) is 1.31. The minimum atomic E-state index is 0.686. The summed E-state index contributed by atoms with van der Waals surface area (Å²) in [7, 11) is 0. The van der Waals surface area contributed by atoms with Crippen LogP contribution in [0.4, 0.5) is 0 Å². The van der Waals surface area contributed by atoms with Crippen LogP contribution in [-0.2, 0) is 0 Å². The molecule has 0 aromatic carbocycles. The molecule has 0 saturated heterocycles. The molecule has 0 N–H and O–H groups in total. The Labute approximate surface area is 69.5 Å².